The zero-order valence-corrected chi connectivity index (χ0v) is 17.9. The predicted molar refractivity (Wildman–Crippen MR) is 121 cm³/mol. The lowest BCUT2D eigenvalue weighted by atomic mass is 9.95. The monoisotopic (exact) mass is 420 g/mol. The van der Waals surface area contributed by atoms with E-state index in [1.54, 1.807) is 0 Å². The number of hydrogen-bond donors (Lipinski definition) is 2. The van der Waals surface area contributed by atoms with Crippen molar-refractivity contribution in [2.24, 2.45) is 5.73 Å². The molecule has 1 aromatic heterocycles. The van der Waals surface area contributed by atoms with Crippen LogP contribution in [0.4, 0.5) is 0 Å². The highest BCUT2D eigenvalue weighted by atomic mass is 16.5. The lowest BCUT2D eigenvalue weighted by molar-refractivity contribution is -0.140. The second-order valence-electron chi connectivity index (χ2n) is 7.39. The van der Waals surface area contributed by atoms with Crippen LogP contribution in [0.25, 0.3) is 22.3 Å². The van der Waals surface area contributed by atoms with E-state index in [0.717, 1.165) is 33.6 Å². The largest absolute Gasteiger partial charge is 0.469 e. The Hall–Kier alpha value is -3.38. The van der Waals surface area contributed by atoms with Gasteiger partial charge >= 0.3 is 5.97 Å². The van der Waals surface area contributed by atoms with E-state index in [9.17, 15) is 14.7 Å². The fourth-order valence-corrected chi connectivity index (χ4v) is 3.98. The van der Waals surface area contributed by atoms with E-state index >= 15 is 0 Å². The summed E-state index contributed by atoms with van der Waals surface area (Å²) in [4.78, 5) is 24.2. The molecule has 31 heavy (non-hydrogen) atoms. The number of aliphatic hydroxyl groups excluding tert-OH is 1. The van der Waals surface area contributed by atoms with E-state index in [0.29, 0.717) is 24.9 Å². The van der Waals surface area contributed by atoms with Crippen LogP contribution in [0, 0.1) is 6.92 Å². The first kappa shape index (κ1) is 22.3. The van der Waals surface area contributed by atoms with E-state index in [1.807, 2.05) is 66.1 Å². The highest BCUT2D eigenvalue weighted by Crippen LogP contribution is 2.35. The number of esters is 1. The van der Waals surface area contributed by atoms with E-state index in [-0.39, 0.29) is 19.0 Å². The summed E-state index contributed by atoms with van der Waals surface area (Å²) < 4.78 is 6.79. The number of hydrogen-bond acceptors (Lipinski definition) is 4. The molecule has 3 aromatic rings. The first-order valence-electron chi connectivity index (χ1n) is 10.3. The van der Waals surface area contributed by atoms with Gasteiger partial charge in [-0.1, -0.05) is 54.6 Å². The summed E-state index contributed by atoms with van der Waals surface area (Å²) in [6, 6.07) is 18.0. The maximum Gasteiger partial charge on any atom is 0.305 e. The summed E-state index contributed by atoms with van der Waals surface area (Å²) in [7, 11) is 1.36. The normalized spacial score (nSPS) is 10.8. The fraction of sp³-hybridized carbons (Fsp3) is 0.280. The summed E-state index contributed by atoms with van der Waals surface area (Å²) in [5.74, 6) is -0.833. The van der Waals surface area contributed by atoms with Crippen molar-refractivity contribution in [2.75, 3.05) is 13.7 Å². The standard InChI is InChI=1S/C25H28N2O4/c1-17-23(25(26)30)24(21(13-14-22(29)31-2)27(17)15-6-16-28)20-11-9-19(10-12-20)18-7-4-3-5-8-18/h3-5,7-12,28H,6,13-16H2,1-2H3,(H2,26,30). The maximum absolute atomic E-state index is 12.4. The lowest BCUT2D eigenvalue weighted by Gasteiger charge is -2.13. The number of carbonyl (C=O) groups excluding carboxylic acids is 2. The molecule has 0 fully saturated rings. The molecule has 6 nitrogen and oxygen atoms in total. The summed E-state index contributed by atoms with van der Waals surface area (Å²) in [6.07, 6.45) is 1.12. The Morgan fingerprint density at radius 3 is 2.19 bits per heavy atom. The fourth-order valence-electron chi connectivity index (χ4n) is 3.98. The Labute approximate surface area is 182 Å². The average Bonchev–Trinajstić information content (AvgIpc) is 3.08. The molecule has 3 rings (SSSR count). The van der Waals surface area contributed by atoms with Crippen LogP contribution < -0.4 is 5.73 Å². The van der Waals surface area contributed by atoms with Crippen molar-refractivity contribution in [3.63, 3.8) is 0 Å². The van der Waals surface area contributed by atoms with Gasteiger partial charge in [-0.2, -0.15) is 0 Å². The molecule has 2 aromatic carbocycles. The van der Waals surface area contributed by atoms with Crippen molar-refractivity contribution >= 4 is 11.9 Å². The first-order chi connectivity index (χ1) is 15.0. The number of nitrogens with two attached hydrogens (primary N) is 1. The third-order valence-corrected chi connectivity index (χ3v) is 5.49. The van der Waals surface area contributed by atoms with Crippen LogP contribution in [0.3, 0.4) is 0 Å². The number of nitrogens with zero attached hydrogens (tertiary/aromatic N) is 1. The van der Waals surface area contributed by atoms with Gasteiger partial charge in [0.05, 0.1) is 19.1 Å². The lowest BCUT2D eigenvalue weighted by Crippen LogP contribution is -2.13. The molecule has 162 valence electrons. The molecule has 0 saturated heterocycles. The Balaban J connectivity index is 2.12. The van der Waals surface area contributed by atoms with Crippen LogP contribution in [0.2, 0.25) is 0 Å². The van der Waals surface area contributed by atoms with Crippen molar-refractivity contribution in [3.8, 4) is 22.3 Å². The van der Waals surface area contributed by atoms with Gasteiger partial charge in [0, 0.05) is 30.1 Å². The SMILES string of the molecule is COC(=O)CCc1c(-c2ccc(-c3ccccc3)cc2)c(C(N)=O)c(C)n1CCCO. The molecule has 1 amide bonds. The third-order valence-electron chi connectivity index (χ3n) is 5.49. The Morgan fingerprint density at radius 1 is 1.00 bits per heavy atom. The molecule has 0 aliphatic rings. The minimum atomic E-state index is -0.512. The quantitative estimate of drug-likeness (QED) is 0.516. The van der Waals surface area contributed by atoms with Gasteiger partial charge in [0.1, 0.15) is 0 Å². The molecule has 0 unspecified atom stereocenters. The van der Waals surface area contributed by atoms with E-state index in [2.05, 4.69) is 0 Å². The van der Waals surface area contributed by atoms with Crippen LogP contribution in [0.15, 0.2) is 54.6 Å². The molecule has 0 spiro atoms. The van der Waals surface area contributed by atoms with Crippen LogP contribution >= 0.6 is 0 Å². The Bertz CT molecular complexity index is 1050. The molecule has 0 aliphatic heterocycles. The van der Waals surface area contributed by atoms with E-state index < -0.39 is 5.91 Å². The summed E-state index contributed by atoms with van der Waals surface area (Å²) in [6.45, 7) is 2.41. The number of methoxy groups -OCH3 is 1. The van der Waals surface area contributed by atoms with Crippen molar-refractivity contribution in [2.45, 2.75) is 32.7 Å². The molecule has 0 saturated carbocycles. The van der Waals surface area contributed by atoms with Crippen LogP contribution in [-0.2, 0) is 22.5 Å². The topological polar surface area (TPSA) is 94.5 Å². The molecule has 0 radical (unpaired) electrons. The number of ether oxygens (including phenoxy) is 1. The minimum absolute atomic E-state index is 0.0288. The third kappa shape index (κ3) is 4.86. The molecular formula is C25H28N2O4. The summed E-state index contributed by atoms with van der Waals surface area (Å²) in [5.41, 5.74) is 11.6. The van der Waals surface area contributed by atoms with Gasteiger partial charge in [-0.05, 0) is 36.5 Å². The molecule has 0 aliphatic carbocycles. The van der Waals surface area contributed by atoms with Gasteiger partial charge in [-0.3, -0.25) is 9.59 Å². The number of carbonyl (C=O) groups is 2. The minimum Gasteiger partial charge on any atom is -0.469 e. The number of benzene rings is 2. The van der Waals surface area contributed by atoms with Crippen molar-refractivity contribution in [1.29, 1.82) is 0 Å². The Kier molecular flexibility index (Phi) is 7.26. The van der Waals surface area contributed by atoms with Gasteiger partial charge in [0.25, 0.3) is 5.91 Å². The number of amides is 1. The summed E-state index contributed by atoms with van der Waals surface area (Å²) >= 11 is 0. The molecule has 3 N–H and O–H groups in total. The zero-order valence-electron chi connectivity index (χ0n) is 17.9. The van der Waals surface area contributed by atoms with Gasteiger partial charge in [0.15, 0.2) is 0 Å². The van der Waals surface area contributed by atoms with Crippen molar-refractivity contribution < 1.29 is 19.4 Å². The number of aromatic nitrogens is 1. The van der Waals surface area contributed by atoms with Crippen LogP contribution in [-0.4, -0.2) is 35.3 Å². The summed E-state index contributed by atoms with van der Waals surface area (Å²) in [5, 5.41) is 9.33. The second-order valence-corrected chi connectivity index (χ2v) is 7.39. The molecule has 6 heteroatoms. The Morgan fingerprint density at radius 2 is 1.61 bits per heavy atom. The van der Waals surface area contributed by atoms with Gasteiger partial charge in [-0.15, -0.1) is 0 Å². The zero-order chi connectivity index (χ0) is 22.4. The van der Waals surface area contributed by atoms with Gasteiger partial charge in [-0.25, -0.2) is 0 Å². The maximum atomic E-state index is 12.4. The van der Waals surface area contributed by atoms with Gasteiger partial charge < -0.3 is 20.1 Å². The van der Waals surface area contributed by atoms with Crippen molar-refractivity contribution in [1.82, 2.24) is 4.57 Å². The van der Waals surface area contributed by atoms with E-state index in [1.165, 1.54) is 7.11 Å². The van der Waals surface area contributed by atoms with Crippen molar-refractivity contribution in [3.05, 3.63) is 71.5 Å². The molecule has 0 bridgehead atoms. The molecular weight excluding hydrogens is 392 g/mol. The molecule has 0 atom stereocenters. The first-order valence-corrected chi connectivity index (χ1v) is 10.3. The predicted octanol–water partition coefficient (Wildman–Crippen LogP) is 3.72. The van der Waals surface area contributed by atoms with Crippen LogP contribution in [0.1, 0.15) is 34.6 Å². The van der Waals surface area contributed by atoms with E-state index in [4.69, 9.17) is 10.5 Å². The number of rotatable bonds is 9. The van der Waals surface area contributed by atoms with Crippen LogP contribution in [0.5, 0.6) is 0 Å². The molecule has 1 heterocycles. The average molecular weight is 421 g/mol. The highest BCUT2D eigenvalue weighted by molar-refractivity contribution is 6.02. The second kappa shape index (κ2) is 10.1. The van der Waals surface area contributed by atoms with Gasteiger partial charge in [0.2, 0.25) is 0 Å². The highest BCUT2D eigenvalue weighted by Gasteiger charge is 2.25. The number of primary amides is 1. The number of aliphatic hydroxyl groups is 1. The smallest absolute Gasteiger partial charge is 0.305 e.